The van der Waals surface area contributed by atoms with Gasteiger partial charge in [0.25, 0.3) is 0 Å². The highest BCUT2D eigenvalue weighted by Crippen LogP contribution is 2.26. The Morgan fingerprint density at radius 2 is 1.87 bits per heavy atom. The molecule has 2 aromatic rings. The van der Waals surface area contributed by atoms with Crippen LogP contribution < -0.4 is 4.72 Å². The van der Waals surface area contributed by atoms with Gasteiger partial charge in [0.2, 0.25) is 10.0 Å². The molecule has 1 N–H and O–H groups in total. The number of benzene rings is 2. The summed E-state index contributed by atoms with van der Waals surface area (Å²) in [5.74, 6) is 0. The van der Waals surface area contributed by atoms with E-state index in [-0.39, 0.29) is 18.2 Å². The minimum absolute atomic E-state index is 0.302. The molecule has 0 aliphatic carbocycles. The molecule has 6 nitrogen and oxygen atoms in total. The van der Waals surface area contributed by atoms with E-state index in [0.29, 0.717) is 26.0 Å². The number of carbonyl (C=O) groups is 1. The predicted octanol–water partition coefficient (Wildman–Crippen LogP) is 3.82. The number of carbonyl (C=O) groups excluding carboxylic acids is 1. The molecular weight excluding hydrogens is 400 g/mol. The average molecular weight is 431 g/mol. The summed E-state index contributed by atoms with van der Waals surface area (Å²) < 4.78 is 32.0. The lowest BCUT2D eigenvalue weighted by atomic mass is 9.90. The monoisotopic (exact) mass is 430 g/mol. The molecule has 1 aliphatic heterocycles. The number of nitrogens with zero attached hydrogens (tertiary/aromatic N) is 1. The molecule has 0 saturated carbocycles. The van der Waals surface area contributed by atoms with E-state index in [1.807, 2.05) is 37.3 Å². The Morgan fingerprint density at radius 1 is 1.13 bits per heavy atom. The van der Waals surface area contributed by atoms with Gasteiger partial charge in [-0.1, -0.05) is 61.5 Å². The number of nitrogens with one attached hydrogen (secondary N) is 1. The Bertz CT molecular complexity index is 947. The standard InChI is InChI=1S/C23H30N2O4S/c1-3-15-29-23(26)25-14-8-13-21(24-30(2,27)28)22(25)17-18-9-7-12-20(16-18)19-10-5-4-6-11-19/h4-7,9-12,16,21-22,24H,3,8,13-15,17H2,1-2H3/t21-,22-/m0/s1. The second kappa shape index (κ2) is 10.1. The first-order chi connectivity index (χ1) is 14.4. The van der Waals surface area contributed by atoms with Crippen molar-refractivity contribution in [3.05, 3.63) is 60.2 Å². The lowest BCUT2D eigenvalue weighted by Gasteiger charge is -2.40. The minimum atomic E-state index is -3.39. The first kappa shape index (κ1) is 22.3. The third kappa shape index (κ3) is 6.06. The van der Waals surface area contributed by atoms with Crippen molar-refractivity contribution in [2.75, 3.05) is 19.4 Å². The molecule has 0 aromatic heterocycles. The smallest absolute Gasteiger partial charge is 0.410 e. The molecule has 1 heterocycles. The largest absolute Gasteiger partial charge is 0.449 e. The van der Waals surface area contributed by atoms with E-state index in [0.717, 1.165) is 35.8 Å². The van der Waals surface area contributed by atoms with Gasteiger partial charge in [-0.05, 0) is 42.4 Å². The van der Waals surface area contributed by atoms with Crippen LogP contribution in [0.25, 0.3) is 11.1 Å². The lowest BCUT2D eigenvalue weighted by molar-refractivity contribution is 0.0646. The van der Waals surface area contributed by atoms with Crippen LogP contribution in [0, 0.1) is 0 Å². The molecule has 0 bridgehead atoms. The zero-order valence-corrected chi connectivity index (χ0v) is 18.4. The molecule has 0 radical (unpaired) electrons. The molecule has 30 heavy (non-hydrogen) atoms. The van der Waals surface area contributed by atoms with E-state index < -0.39 is 10.0 Å². The van der Waals surface area contributed by atoms with Gasteiger partial charge in [-0.25, -0.2) is 17.9 Å². The first-order valence-corrected chi connectivity index (χ1v) is 12.3. The molecule has 1 fully saturated rings. The van der Waals surface area contributed by atoms with Crippen molar-refractivity contribution in [2.45, 2.75) is 44.7 Å². The fourth-order valence-electron chi connectivity index (χ4n) is 3.97. The summed E-state index contributed by atoms with van der Waals surface area (Å²) in [5.41, 5.74) is 3.27. The summed E-state index contributed by atoms with van der Waals surface area (Å²) in [6.45, 7) is 2.87. The molecular formula is C23H30N2O4S. The average Bonchev–Trinajstić information content (AvgIpc) is 2.73. The van der Waals surface area contributed by atoms with Crippen molar-refractivity contribution >= 4 is 16.1 Å². The normalized spacial score (nSPS) is 19.5. The molecule has 0 spiro atoms. The van der Waals surface area contributed by atoms with Crippen LogP contribution in [0.15, 0.2) is 54.6 Å². The van der Waals surface area contributed by atoms with Gasteiger partial charge in [-0.3, -0.25) is 0 Å². The van der Waals surface area contributed by atoms with Crippen molar-refractivity contribution in [2.24, 2.45) is 0 Å². The van der Waals surface area contributed by atoms with Gasteiger partial charge in [0, 0.05) is 12.6 Å². The van der Waals surface area contributed by atoms with Crippen molar-refractivity contribution < 1.29 is 17.9 Å². The van der Waals surface area contributed by atoms with Gasteiger partial charge in [0.1, 0.15) is 0 Å². The predicted molar refractivity (Wildman–Crippen MR) is 119 cm³/mol. The molecule has 3 rings (SSSR count). The summed E-state index contributed by atoms with van der Waals surface area (Å²) in [6, 6.07) is 17.6. The number of hydrogen-bond acceptors (Lipinski definition) is 4. The van der Waals surface area contributed by atoms with Gasteiger partial charge in [0.05, 0.1) is 18.9 Å². The second-order valence-electron chi connectivity index (χ2n) is 7.78. The number of sulfonamides is 1. The zero-order valence-electron chi connectivity index (χ0n) is 17.6. The maximum Gasteiger partial charge on any atom is 0.410 e. The van der Waals surface area contributed by atoms with Crippen molar-refractivity contribution in [3.8, 4) is 11.1 Å². The maximum atomic E-state index is 12.7. The Kier molecular flexibility index (Phi) is 7.50. The molecule has 1 amide bonds. The summed E-state index contributed by atoms with van der Waals surface area (Å²) >= 11 is 0. The van der Waals surface area contributed by atoms with E-state index in [4.69, 9.17) is 4.74 Å². The summed E-state index contributed by atoms with van der Waals surface area (Å²) in [4.78, 5) is 14.4. The molecule has 1 saturated heterocycles. The summed E-state index contributed by atoms with van der Waals surface area (Å²) in [5, 5.41) is 0. The number of likely N-dealkylation sites (tertiary alicyclic amines) is 1. The lowest BCUT2D eigenvalue weighted by Crippen LogP contribution is -2.57. The minimum Gasteiger partial charge on any atom is -0.449 e. The van der Waals surface area contributed by atoms with Crippen LogP contribution in [0.4, 0.5) is 4.79 Å². The highest BCUT2D eigenvalue weighted by Gasteiger charge is 2.36. The van der Waals surface area contributed by atoms with Gasteiger partial charge < -0.3 is 9.64 Å². The van der Waals surface area contributed by atoms with Crippen molar-refractivity contribution in [3.63, 3.8) is 0 Å². The fraction of sp³-hybridized carbons (Fsp3) is 0.435. The SMILES string of the molecule is CCCOC(=O)N1CCC[C@H](NS(C)(=O)=O)[C@@H]1Cc1cccc(-c2ccccc2)c1. The Balaban J connectivity index is 1.87. The van der Waals surface area contributed by atoms with E-state index in [9.17, 15) is 13.2 Å². The summed E-state index contributed by atoms with van der Waals surface area (Å²) in [6.07, 6.45) is 3.50. The highest BCUT2D eigenvalue weighted by molar-refractivity contribution is 7.88. The Labute approximate surface area is 179 Å². The van der Waals surface area contributed by atoms with Crippen LogP contribution in [0.3, 0.4) is 0 Å². The van der Waals surface area contributed by atoms with Gasteiger partial charge in [0.15, 0.2) is 0 Å². The van der Waals surface area contributed by atoms with Gasteiger partial charge in [-0.2, -0.15) is 0 Å². The van der Waals surface area contributed by atoms with Crippen LogP contribution in [-0.4, -0.2) is 50.9 Å². The number of piperidine rings is 1. The Morgan fingerprint density at radius 3 is 2.57 bits per heavy atom. The number of amides is 1. The van der Waals surface area contributed by atoms with Gasteiger partial charge >= 0.3 is 6.09 Å². The van der Waals surface area contributed by atoms with Crippen LogP contribution in [0.5, 0.6) is 0 Å². The number of hydrogen-bond donors (Lipinski definition) is 1. The van der Waals surface area contributed by atoms with Crippen LogP contribution in [0.2, 0.25) is 0 Å². The summed E-state index contributed by atoms with van der Waals surface area (Å²) in [7, 11) is -3.39. The molecule has 7 heteroatoms. The topological polar surface area (TPSA) is 75.7 Å². The molecule has 2 atom stereocenters. The van der Waals surface area contributed by atoms with Crippen LogP contribution in [-0.2, 0) is 21.2 Å². The van der Waals surface area contributed by atoms with Crippen LogP contribution in [0.1, 0.15) is 31.7 Å². The number of rotatable bonds is 7. The fourth-order valence-corrected chi connectivity index (χ4v) is 4.80. The third-order valence-electron chi connectivity index (χ3n) is 5.29. The molecule has 2 aromatic carbocycles. The van der Waals surface area contributed by atoms with E-state index in [1.54, 1.807) is 4.90 Å². The number of ether oxygens (including phenoxy) is 1. The van der Waals surface area contributed by atoms with Gasteiger partial charge in [-0.15, -0.1) is 0 Å². The molecule has 1 aliphatic rings. The molecule has 162 valence electrons. The Hall–Kier alpha value is -2.38. The zero-order chi connectivity index (χ0) is 21.6. The third-order valence-corrected chi connectivity index (χ3v) is 6.02. The van der Waals surface area contributed by atoms with E-state index >= 15 is 0 Å². The quantitative estimate of drug-likeness (QED) is 0.724. The second-order valence-corrected chi connectivity index (χ2v) is 9.56. The van der Waals surface area contributed by atoms with Crippen molar-refractivity contribution in [1.29, 1.82) is 0 Å². The maximum absolute atomic E-state index is 12.7. The van der Waals surface area contributed by atoms with Crippen LogP contribution >= 0.6 is 0 Å². The van der Waals surface area contributed by atoms with Crippen molar-refractivity contribution in [1.82, 2.24) is 9.62 Å². The van der Waals surface area contributed by atoms with E-state index in [1.165, 1.54) is 0 Å². The highest BCUT2D eigenvalue weighted by atomic mass is 32.2. The molecule has 0 unspecified atom stereocenters. The van der Waals surface area contributed by atoms with E-state index in [2.05, 4.69) is 29.0 Å². The first-order valence-electron chi connectivity index (χ1n) is 10.4.